The first-order chi connectivity index (χ1) is 12.2. The van der Waals surface area contributed by atoms with E-state index in [1.165, 1.54) is 12.4 Å². The fourth-order valence-electron chi connectivity index (χ4n) is 2.77. The summed E-state index contributed by atoms with van der Waals surface area (Å²) >= 11 is 0. The molecule has 4 rings (SSSR count). The number of ether oxygens (including phenoxy) is 2. The molecule has 2 aromatic heterocycles. The molecule has 0 spiro atoms. The first kappa shape index (κ1) is 15.3. The maximum atomic E-state index is 11.1. The Labute approximate surface area is 142 Å². The summed E-state index contributed by atoms with van der Waals surface area (Å²) in [6.45, 7) is 1.71. The summed E-state index contributed by atoms with van der Waals surface area (Å²) in [5, 5.41) is 13.0. The van der Waals surface area contributed by atoms with E-state index >= 15 is 0 Å². The molecular formula is C17H16N4O4. The van der Waals surface area contributed by atoms with Crippen LogP contribution in [0.15, 0.2) is 30.6 Å². The summed E-state index contributed by atoms with van der Waals surface area (Å²) in [5.41, 5.74) is 1.49. The minimum Gasteiger partial charge on any atom is -0.490 e. The van der Waals surface area contributed by atoms with Crippen LogP contribution in [0.3, 0.4) is 0 Å². The number of carboxylic acid groups (broad SMARTS) is 1. The zero-order valence-corrected chi connectivity index (χ0v) is 13.3. The van der Waals surface area contributed by atoms with Crippen LogP contribution in [-0.2, 0) is 6.54 Å². The van der Waals surface area contributed by atoms with Crippen molar-refractivity contribution in [1.29, 1.82) is 0 Å². The van der Waals surface area contributed by atoms with Gasteiger partial charge < -0.3 is 24.9 Å². The number of aromatic carboxylic acids is 1. The molecule has 25 heavy (non-hydrogen) atoms. The first-order valence-electron chi connectivity index (χ1n) is 7.91. The van der Waals surface area contributed by atoms with Crippen molar-refractivity contribution in [3.8, 4) is 11.5 Å². The Kier molecular flexibility index (Phi) is 3.85. The van der Waals surface area contributed by atoms with E-state index < -0.39 is 5.97 Å². The molecule has 3 heterocycles. The highest BCUT2D eigenvalue weighted by molar-refractivity contribution is 5.96. The second kappa shape index (κ2) is 6.31. The quantitative estimate of drug-likeness (QED) is 0.669. The van der Waals surface area contributed by atoms with Crippen molar-refractivity contribution in [3.63, 3.8) is 0 Å². The van der Waals surface area contributed by atoms with Gasteiger partial charge in [-0.2, -0.15) is 0 Å². The molecule has 3 N–H and O–H groups in total. The van der Waals surface area contributed by atoms with Gasteiger partial charge >= 0.3 is 5.97 Å². The van der Waals surface area contributed by atoms with Crippen LogP contribution in [0.5, 0.6) is 11.5 Å². The molecule has 8 nitrogen and oxygen atoms in total. The normalized spacial score (nSPS) is 13.4. The topological polar surface area (TPSA) is 109 Å². The zero-order valence-electron chi connectivity index (χ0n) is 13.3. The van der Waals surface area contributed by atoms with Crippen molar-refractivity contribution in [2.45, 2.75) is 13.0 Å². The number of hydrogen-bond donors (Lipinski definition) is 3. The minimum atomic E-state index is -1.04. The number of nitrogens with zero attached hydrogens (tertiary/aromatic N) is 2. The van der Waals surface area contributed by atoms with Crippen LogP contribution in [0.1, 0.15) is 22.5 Å². The molecule has 8 heteroatoms. The Morgan fingerprint density at radius 1 is 1.28 bits per heavy atom. The maximum absolute atomic E-state index is 11.1. The average molecular weight is 340 g/mol. The molecule has 3 aromatic rings. The van der Waals surface area contributed by atoms with Gasteiger partial charge in [-0.25, -0.2) is 14.8 Å². The number of anilines is 1. The molecule has 0 atom stereocenters. The summed E-state index contributed by atoms with van der Waals surface area (Å²) in [6.07, 6.45) is 2.23. The van der Waals surface area contributed by atoms with E-state index in [0.29, 0.717) is 36.6 Å². The summed E-state index contributed by atoms with van der Waals surface area (Å²) in [6, 6.07) is 7.28. The lowest BCUT2D eigenvalue weighted by molar-refractivity contribution is 0.0691. The largest absolute Gasteiger partial charge is 0.490 e. The number of H-pyrrole nitrogens is 1. The van der Waals surface area contributed by atoms with Crippen molar-refractivity contribution in [1.82, 2.24) is 15.0 Å². The number of para-hydroxylation sites is 1. The average Bonchev–Trinajstić information content (AvgIpc) is 2.92. The van der Waals surface area contributed by atoms with Gasteiger partial charge in [-0.3, -0.25) is 0 Å². The van der Waals surface area contributed by atoms with Crippen molar-refractivity contribution < 1.29 is 19.4 Å². The third-order valence-electron chi connectivity index (χ3n) is 3.96. The molecule has 1 aliphatic heterocycles. The van der Waals surface area contributed by atoms with Gasteiger partial charge in [0, 0.05) is 18.5 Å². The van der Waals surface area contributed by atoms with Gasteiger partial charge in [-0.05, 0) is 12.1 Å². The van der Waals surface area contributed by atoms with E-state index in [9.17, 15) is 4.79 Å². The first-order valence-corrected chi connectivity index (χ1v) is 7.91. The van der Waals surface area contributed by atoms with E-state index in [1.54, 1.807) is 0 Å². The van der Waals surface area contributed by atoms with Crippen LogP contribution in [-0.4, -0.2) is 39.2 Å². The minimum absolute atomic E-state index is 0.0730. The summed E-state index contributed by atoms with van der Waals surface area (Å²) in [7, 11) is 0. The molecular weight excluding hydrogens is 324 g/mol. The van der Waals surface area contributed by atoms with Crippen molar-refractivity contribution in [2.75, 3.05) is 18.5 Å². The molecule has 128 valence electrons. The standard InChI is InChI=1S/C17H16N4O4/c22-17(23)12-7-11-15(19-9-20-16(11)21-12)18-8-10-3-1-4-13-14(10)25-6-2-5-24-13/h1,3-4,7,9H,2,5-6,8H2,(H,22,23)(H2,18,19,20,21). The second-order valence-corrected chi connectivity index (χ2v) is 5.62. The zero-order chi connectivity index (χ0) is 17.2. The van der Waals surface area contributed by atoms with E-state index in [4.69, 9.17) is 14.6 Å². The Bertz CT molecular complexity index is 938. The van der Waals surface area contributed by atoms with Crippen LogP contribution in [0.4, 0.5) is 5.82 Å². The predicted octanol–water partition coefficient (Wildman–Crippen LogP) is 2.43. The third kappa shape index (κ3) is 2.93. The number of nitrogens with one attached hydrogen (secondary N) is 2. The molecule has 0 amide bonds. The molecule has 0 aliphatic carbocycles. The van der Waals surface area contributed by atoms with Gasteiger partial charge in [0.1, 0.15) is 23.5 Å². The van der Waals surface area contributed by atoms with Crippen molar-refractivity contribution in [2.24, 2.45) is 0 Å². The number of benzene rings is 1. The number of carbonyl (C=O) groups is 1. The van der Waals surface area contributed by atoms with Gasteiger partial charge in [0.05, 0.1) is 18.6 Å². The molecule has 0 bridgehead atoms. The van der Waals surface area contributed by atoms with Crippen LogP contribution >= 0.6 is 0 Å². The molecule has 1 aromatic carbocycles. The van der Waals surface area contributed by atoms with E-state index in [-0.39, 0.29) is 5.69 Å². The Morgan fingerprint density at radius 3 is 3.04 bits per heavy atom. The third-order valence-corrected chi connectivity index (χ3v) is 3.96. The fourth-order valence-corrected chi connectivity index (χ4v) is 2.77. The van der Waals surface area contributed by atoms with Crippen LogP contribution in [0.25, 0.3) is 11.0 Å². The number of aromatic nitrogens is 3. The monoisotopic (exact) mass is 340 g/mol. The number of carboxylic acids is 1. The molecule has 0 unspecified atom stereocenters. The van der Waals surface area contributed by atoms with Crippen molar-refractivity contribution in [3.05, 3.63) is 41.9 Å². The molecule has 0 saturated carbocycles. The number of rotatable bonds is 4. The molecule has 0 radical (unpaired) electrons. The van der Waals surface area contributed by atoms with Gasteiger partial charge in [0.2, 0.25) is 0 Å². The van der Waals surface area contributed by atoms with Gasteiger partial charge in [0.25, 0.3) is 0 Å². The Hall–Kier alpha value is -3.29. The van der Waals surface area contributed by atoms with Gasteiger partial charge in [0.15, 0.2) is 11.5 Å². The van der Waals surface area contributed by atoms with Crippen molar-refractivity contribution >= 4 is 22.8 Å². The highest BCUT2D eigenvalue weighted by Crippen LogP contribution is 2.33. The van der Waals surface area contributed by atoms with Gasteiger partial charge in [-0.15, -0.1) is 0 Å². The summed E-state index contributed by atoms with van der Waals surface area (Å²) in [5.74, 6) is 0.987. The van der Waals surface area contributed by atoms with Gasteiger partial charge in [-0.1, -0.05) is 12.1 Å². The lowest BCUT2D eigenvalue weighted by Crippen LogP contribution is -2.05. The van der Waals surface area contributed by atoms with E-state index in [2.05, 4.69) is 20.3 Å². The highest BCUT2D eigenvalue weighted by atomic mass is 16.5. The smallest absolute Gasteiger partial charge is 0.352 e. The number of hydrogen-bond acceptors (Lipinski definition) is 6. The highest BCUT2D eigenvalue weighted by Gasteiger charge is 2.16. The second-order valence-electron chi connectivity index (χ2n) is 5.62. The fraction of sp³-hybridized carbons (Fsp3) is 0.235. The van der Waals surface area contributed by atoms with E-state index in [0.717, 1.165) is 23.5 Å². The molecule has 1 aliphatic rings. The maximum Gasteiger partial charge on any atom is 0.352 e. The lowest BCUT2D eigenvalue weighted by Gasteiger charge is -2.13. The van der Waals surface area contributed by atoms with Crippen LogP contribution in [0.2, 0.25) is 0 Å². The SMILES string of the molecule is O=C(O)c1cc2c(NCc3cccc4c3OCCCO4)ncnc2[nH]1. The Balaban J connectivity index is 1.62. The van der Waals surface area contributed by atoms with Crippen LogP contribution < -0.4 is 14.8 Å². The summed E-state index contributed by atoms with van der Waals surface area (Å²) < 4.78 is 11.5. The lowest BCUT2D eigenvalue weighted by atomic mass is 10.2. The molecule has 0 saturated heterocycles. The number of aromatic amines is 1. The van der Waals surface area contributed by atoms with E-state index in [1.807, 2.05) is 18.2 Å². The predicted molar refractivity (Wildman–Crippen MR) is 90.2 cm³/mol. The molecule has 0 fully saturated rings. The number of fused-ring (bicyclic) bond motifs is 2. The Morgan fingerprint density at radius 2 is 2.16 bits per heavy atom. The van der Waals surface area contributed by atoms with Crippen LogP contribution in [0, 0.1) is 0 Å². The summed E-state index contributed by atoms with van der Waals surface area (Å²) in [4.78, 5) is 22.2.